The Morgan fingerprint density at radius 3 is 2.67 bits per heavy atom. The fraction of sp³-hybridized carbons (Fsp3) is 0.200. The molecule has 4 nitrogen and oxygen atoms in total. The first-order valence-corrected chi connectivity index (χ1v) is 7.47. The van der Waals surface area contributed by atoms with E-state index in [2.05, 4.69) is 15.1 Å². The Bertz CT molecular complexity index is 729. The van der Waals surface area contributed by atoms with Gasteiger partial charge >= 0.3 is 0 Å². The van der Waals surface area contributed by atoms with Gasteiger partial charge in [0.15, 0.2) is 5.16 Å². The summed E-state index contributed by atoms with van der Waals surface area (Å²) in [5.74, 6) is 1.34. The van der Waals surface area contributed by atoms with Gasteiger partial charge in [-0.2, -0.15) is 0 Å². The summed E-state index contributed by atoms with van der Waals surface area (Å²) in [4.78, 5) is 7.57. The molecule has 0 aliphatic carbocycles. The maximum atomic E-state index is 12.9. The van der Waals surface area contributed by atoms with Crippen molar-refractivity contribution in [1.29, 1.82) is 0 Å². The van der Waals surface area contributed by atoms with E-state index in [-0.39, 0.29) is 5.82 Å². The second-order valence-corrected chi connectivity index (χ2v) is 5.66. The first kappa shape index (κ1) is 13.9. The van der Waals surface area contributed by atoms with E-state index < -0.39 is 0 Å². The number of nitrogens with one attached hydrogen (secondary N) is 1. The molecule has 21 heavy (non-hydrogen) atoms. The molecule has 0 spiro atoms. The molecule has 3 rings (SSSR count). The highest BCUT2D eigenvalue weighted by Crippen LogP contribution is 2.26. The maximum absolute atomic E-state index is 12.9. The lowest BCUT2D eigenvalue weighted by Crippen LogP contribution is -1.86. The van der Waals surface area contributed by atoms with Gasteiger partial charge in [0, 0.05) is 11.3 Å². The third-order valence-corrected chi connectivity index (χ3v) is 4.16. The lowest BCUT2D eigenvalue weighted by molar-refractivity contribution is 0.392. The Hall–Kier alpha value is -2.08. The van der Waals surface area contributed by atoms with Gasteiger partial charge in [-0.05, 0) is 43.7 Å². The topological polar surface area (TPSA) is 54.7 Å². The molecule has 1 N–H and O–H groups in total. The molecule has 2 aromatic heterocycles. The van der Waals surface area contributed by atoms with Crippen LogP contribution in [0.5, 0.6) is 0 Å². The molecule has 0 atom stereocenters. The van der Waals surface area contributed by atoms with Crippen molar-refractivity contribution in [3.05, 3.63) is 53.3 Å². The smallest absolute Gasteiger partial charge is 0.166 e. The van der Waals surface area contributed by atoms with Crippen molar-refractivity contribution in [2.75, 3.05) is 0 Å². The van der Waals surface area contributed by atoms with Gasteiger partial charge in [-0.25, -0.2) is 9.37 Å². The average molecular weight is 303 g/mol. The normalized spacial score (nSPS) is 11.0. The molecule has 0 saturated heterocycles. The number of benzene rings is 1. The molecule has 2 heterocycles. The zero-order valence-corrected chi connectivity index (χ0v) is 12.5. The van der Waals surface area contributed by atoms with Crippen molar-refractivity contribution in [3.63, 3.8) is 0 Å². The van der Waals surface area contributed by atoms with E-state index in [1.165, 1.54) is 12.1 Å². The fourth-order valence-electron chi connectivity index (χ4n) is 2.00. The van der Waals surface area contributed by atoms with Crippen molar-refractivity contribution in [2.45, 2.75) is 24.8 Å². The Morgan fingerprint density at radius 2 is 2.00 bits per heavy atom. The molecule has 3 aromatic rings. The largest absolute Gasteiger partial charge is 0.361 e. The Kier molecular flexibility index (Phi) is 3.79. The maximum Gasteiger partial charge on any atom is 0.166 e. The van der Waals surface area contributed by atoms with E-state index in [0.717, 1.165) is 39.2 Å². The first-order chi connectivity index (χ1) is 10.1. The molecule has 0 aliphatic heterocycles. The van der Waals surface area contributed by atoms with Crippen molar-refractivity contribution in [2.24, 2.45) is 0 Å². The number of aromatic nitrogens is 3. The van der Waals surface area contributed by atoms with Crippen molar-refractivity contribution < 1.29 is 8.91 Å². The van der Waals surface area contributed by atoms with Crippen LogP contribution < -0.4 is 0 Å². The van der Waals surface area contributed by atoms with Crippen molar-refractivity contribution >= 4 is 11.8 Å². The predicted octanol–water partition coefficient (Wildman–Crippen LogP) is 4.11. The Labute approximate surface area is 125 Å². The minimum Gasteiger partial charge on any atom is -0.361 e. The monoisotopic (exact) mass is 303 g/mol. The number of halogens is 1. The van der Waals surface area contributed by atoms with Crippen LogP contribution in [0, 0.1) is 19.7 Å². The van der Waals surface area contributed by atoms with Gasteiger partial charge in [-0.1, -0.05) is 16.9 Å². The summed E-state index contributed by atoms with van der Waals surface area (Å²) in [5.41, 5.74) is 3.79. The lowest BCUT2D eigenvalue weighted by Gasteiger charge is -1.98. The number of aryl methyl sites for hydroxylation is 2. The second-order valence-electron chi connectivity index (χ2n) is 4.70. The van der Waals surface area contributed by atoms with E-state index in [1.54, 1.807) is 30.1 Å². The van der Waals surface area contributed by atoms with Crippen LogP contribution in [-0.2, 0) is 5.75 Å². The van der Waals surface area contributed by atoms with Gasteiger partial charge in [-0.3, -0.25) is 0 Å². The minimum absolute atomic E-state index is 0.244. The van der Waals surface area contributed by atoms with Gasteiger partial charge < -0.3 is 9.51 Å². The molecule has 0 fully saturated rings. The van der Waals surface area contributed by atoms with Crippen LogP contribution in [-0.4, -0.2) is 15.1 Å². The third-order valence-electron chi connectivity index (χ3n) is 3.24. The summed E-state index contributed by atoms with van der Waals surface area (Å²) in [6.07, 6.45) is 1.75. The minimum atomic E-state index is -0.244. The molecule has 0 radical (unpaired) electrons. The highest BCUT2D eigenvalue weighted by Gasteiger charge is 2.11. The van der Waals surface area contributed by atoms with E-state index >= 15 is 0 Å². The van der Waals surface area contributed by atoms with Gasteiger partial charge in [0.2, 0.25) is 0 Å². The molecule has 0 bridgehead atoms. The SMILES string of the molecule is Cc1noc(C)c1CSc1ncc(-c2ccc(F)cc2)[nH]1. The molecule has 0 amide bonds. The average Bonchev–Trinajstić information content (AvgIpc) is 3.06. The molecule has 0 unspecified atom stereocenters. The number of imidazole rings is 1. The number of nitrogens with zero attached hydrogens (tertiary/aromatic N) is 2. The number of hydrogen-bond acceptors (Lipinski definition) is 4. The van der Waals surface area contributed by atoms with Crippen molar-refractivity contribution in [3.8, 4) is 11.3 Å². The van der Waals surface area contributed by atoms with Gasteiger partial charge in [-0.15, -0.1) is 0 Å². The zero-order valence-electron chi connectivity index (χ0n) is 11.7. The fourth-order valence-corrected chi connectivity index (χ4v) is 3.00. The van der Waals surface area contributed by atoms with Crippen LogP contribution in [0.4, 0.5) is 4.39 Å². The number of hydrogen-bond donors (Lipinski definition) is 1. The number of rotatable bonds is 4. The van der Waals surface area contributed by atoms with Crippen LogP contribution in [0.2, 0.25) is 0 Å². The predicted molar refractivity (Wildman–Crippen MR) is 79.5 cm³/mol. The highest BCUT2D eigenvalue weighted by atomic mass is 32.2. The van der Waals surface area contributed by atoms with Crippen molar-refractivity contribution in [1.82, 2.24) is 15.1 Å². The van der Waals surface area contributed by atoms with E-state index in [1.807, 2.05) is 13.8 Å². The van der Waals surface area contributed by atoms with E-state index in [4.69, 9.17) is 4.52 Å². The first-order valence-electron chi connectivity index (χ1n) is 6.49. The summed E-state index contributed by atoms with van der Waals surface area (Å²) in [7, 11) is 0. The lowest BCUT2D eigenvalue weighted by atomic mass is 10.2. The second kappa shape index (κ2) is 5.73. The Balaban J connectivity index is 1.72. The van der Waals surface area contributed by atoms with Crippen LogP contribution in [0.25, 0.3) is 11.3 Å². The summed E-state index contributed by atoms with van der Waals surface area (Å²) < 4.78 is 18.1. The van der Waals surface area contributed by atoms with Gasteiger partial charge in [0.1, 0.15) is 11.6 Å². The van der Waals surface area contributed by atoms with Crippen LogP contribution in [0.3, 0.4) is 0 Å². The number of thioether (sulfide) groups is 1. The standard InChI is InChI=1S/C15H14FN3OS/c1-9-13(10(2)20-19-9)8-21-15-17-7-14(18-15)11-3-5-12(16)6-4-11/h3-7H,8H2,1-2H3,(H,17,18). The highest BCUT2D eigenvalue weighted by molar-refractivity contribution is 7.98. The van der Waals surface area contributed by atoms with Crippen LogP contribution in [0.15, 0.2) is 40.1 Å². The Morgan fingerprint density at radius 1 is 1.24 bits per heavy atom. The summed E-state index contributed by atoms with van der Waals surface area (Å²) in [6, 6.07) is 6.33. The van der Waals surface area contributed by atoms with Gasteiger partial charge in [0.25, 0.3) is 0 Å². The molecule has 0 aliphatic rings. The molecular formula is C15H14FN3OS. The van der Waals surface area contributed by atoms with E-state index in [9.17, 15) is 4.39 Å². The van der Waals surface area contributed by atoms with Crippen LogP contribution in [0.1, 0.15) is 17.0 Å². The summed E-state index contributed by atoms with van der Waals surface area (Å²) in [5, 5.41) is 4.75. The van der Waals surface area contributed by atoms with E-state index in [0.29, 0.717) is 0 Å². The quantitative estimate of drug-likeness (QED) is 0.737. The molecule has 6 heteroatoms. The summed E-state index contributed by atoms with van der Waals surface area (Å²) in [6.45, 7) is 3.83. The summed E-state index contributed by atoms with van der Waals surface area (Å²) >= 11 is 1.58. The third kappa shape index (κ3) is 3.00. The van der Waals surface area contributed by atoms with Gasteiger partial charge in [0.05, 0.1) is 17.6 Å². The molecule has 1 aromatic carbocycles. The number of H-pyrrole nitrogens is 1. The molecule has 0 saturated carbocycles. The molecular weight excluding hydrogens is 289 g/mol. The zero-order chi connectivity index (χ0) is 14.8. The molecule has 108 valence electrons. The number of aromatic amines is 1. The van der Waals surface area contributed by atoms with Crippen LogP contribution >= 0.6 is 11.8 Å².